The molecule has 0 unspecified atom stereocenters. The number of nitrogens with zero attached hydrogens (tertiary/aromatic N) is 1. The monoisotopic (exact) mass is 426 g/mol. The first kappa shape index (κ1) is 22.8. The summed E-state index contributed by atoms with van der Waals surface area (Å²) >= 11 is 0. The van der Waals surface area contributed by atoms with Gasteiger partial charge < -0.3 is 29.6 Å². The summed E-state index contributed by atoms with van der Waals surface area (Å²) in [5, 5.41) is 22.5. The van der Waals surface area contributed by atoms with E-state index in [1.807, 2.05) is 60.9 Å². The van der Waals surface area contributed by atoms with Crippen LogP contribution in [0.2, 0.25) is 0 Å². The molecule has 0 saturated heterocycles. The molecule has 3 rings (SSSR count). The number of aliphatic hydroxyl groups excluding tert-OH is 2. The lowest BCUT2D eigenvalue weighted by atomic mass is 10.1. The molecule has 3 aromatic rings. The second-order valence-electron chi connectivity index (χ2n) is 7.42. The van der Waals surface area contributed by atoms with Gasteiger partial charge in [-0.05, 0) is 51.1 Å². The van der Waals surface area contributed by atoms with Crippen molar-refractivity contribution in [2.24, 2.45) is 0 Å². The fourth-order valence-electron chi connectivity index (χ4n) is 3.57. The third kappa shape index (κ3) is 5.25. The number of aryl methyl sites for hydroxylation is 1. The highest BCUT2D eigenvalue weighted by Gasteiger charge is 2.22. The summed E-state index contributed by atoms with van der Waals surface area (Å²) in [7, 11) is 0. The smallest absolute Gasteiger partial charge is 0.340 e. The van der Waals surface area contributed by atoms with Gasteiger partial charge in [-0.15, -0.1) is 0 Å². The SMILES string of the molecule is CCOC(=O)c1c(C)n(-c2ccc(C)cc2)c2ccc(OC[C@H](O)CNCCO)cc12. The number of fused-ring (bicyclic) bond motifs is 1. The quantitative estimate of drug-likeness (QED) is 0.341. The number of nitrogens with one attached hydrogen (secondary N) is 1. The van der Waals surface area contributed by atoms with Crippen molar-refractivity contribution < 1.29 is 24.5 Å². The van der Waals surface area contributed by atoms with Crippen LogP contribution in [0.1, 0.15) is 28.5 Å². The molecule has 0 fully saturated rings. The molecular formula is C24H30N2O5. The third-order valence-corrected chi connectivity index (χ3v) is 5.06. The minimum atomic E-state index is -0.717. The number of carbonyl (C=O) groups excluding carboxylic acids is 1. The Bertz CT molecular complexity index is 1030. The highest BCUT2D eigenvalue weighted by atomic mass is 16.5. The zero-order chi connectivity index (χ0) is 22.4. The number of benzene rings is 2. The van der Waals surface area contributed by atoms with Gasteiger partial charge >= 0.3 is 5.97 Å². The molecule has 3 N–H and O–H groups in total. The Morgan fingerprint density at radius 3 is 2.58 bits per heavy atom. The van der Waals surface area contributed by atoms with Gasteiger partial charge in [0.1, 0.15) is 18.5 Å². The van der Waals surface area contributed by atoms with Gasteiger partial charge in [-0.2, -0.15) is 0 Å². The van der Waals surface area contributed by atoms with Crippen molar-refractivity contribution in [3.8, 4) is 11.4 Å². The molecule has 1 atom stereocenters. The fraction of sp³-hybridized carbons (Fsp3) is 0.375. The number of esters is 1. The van der Waals surface area contributed by atoms with E-state index in [9.17, 15) is 9.90 Å². The Morgan fingerprint density at radius 2 is 1.90 bits per heavy atom. The summed E-state index contributed by atoms with van der Waals surface area (Å²) in [5.74, 6) is 0.182. The number of aromatic nitrogens is 1. The van der Waals surface area contributed by atoms with Crippen molar-refractivity contribution >= 4 is 16.9 Å². The molecule has 166 valence electrons. The van der Waals surface area contributed by atoms with Crippen molar-refractivity contribution in [1.29, 1.82) is 0 Å². The second kappa shape index (κ2) is 10.4. The molecule has 0 saturated carbocycles. The first-order valence-electron chi connectivity index (χ1n) is 10.5. The molecule has 0 radical (unpaired) electrons. The van der Waals surface area contributed by atoms with E-state index in [4.69, 9.17) is 14.6 Å². The minimum Gasteiger partial charge on any atom is -0.491 e. The highest BCUT2D eigenvalue weighted by Crippen LogP contribution is 2.32. The summed E-state index contributed by atoms with van der Waals surface area (Å²) in [6.07, 6.45) is -0.717. The van der Waals surface area contributed by atoms with Gasteiger partial charge in [0.05, 0.1) is 24.3 Å². The van der Waals surface area contributed by atoms with Crippen molar-refractivity contribution in [3.63, 3.8) is 0 Å². The maximum absolute atomic E-state index is 12.8. The van der Waals surface area contributed by atoms with Gasteiger partial charge in [-0.3, -0.25) is 0 Å². The Balaban J connectivity index is 1.96. The summed E-state index contributed by atoms with van der Waals surface area (Å²) in [5.41, 5.74) is 4.30. The standard InChI is InChI=1S/C24H30N2O5/c1-4-30-24(29)23-17(3)26(18-7-5-16(2)6-8-18)22-10-9-20(13-21(22)23)31-15-19(28)14-25-11-12-27/h5-10,13,19,25,27-28H,4,11-12,14-15H2,1-3H3/t19-/m1/s1. The highest BCUT2D eigenvalue weighted by molar-refractivity contribution is 6.07. The first-order chi connectivity index (χ1) is 15.0. The first-order valence-corrected chi connectivity index (χ1v) is 10.5. The van der Waals surface area contributed by atoms with Crippen LogP contribution in [0.25, 0.3) is 16.6 Å². The molecule has 0 aliphatic rings. The van der Waals surface area contributed by atoms with Crippen LogP contribution in [0.5, 0.6) is 5.75 Å². The lowest BCUT2D eigenvalue weighted by Gasteiger charge is -2.13. The number of carbonyl (C=O) groups is 1. The lowest BCUT2D eigenvalue weighted by Crippen LogP contribution is -2.32. The molecule has 0 aliphatic heterocycles. The number of rotatable bonds is 10. The average molecular weight is 427 g/mol. The van der Waals surface area contributed by atoms with Gasteiger partial charge in [0, 0.05) is 29.9 Å². The second-order valence-corrected chi connectivity index (χ2v) is 7.42. The molecule has 0 amide bonds. The van der Waals surface area contributed by atoms with Crippen LogP contribution in [0.3, 0.4) is 0 Å². The van der Waals surface area contributed by atoms with Crippen LogP contribution in [-0.2, 0) is 4.74 Å². The summed E-state index contributed by atoms with van der Waals surface area (Å²) < 4.78 is 13.1. The Hall–Kier alpha value is -2.87. The van der Waals surface area contributed by atoms with Crippen molar-refractivity contribution in [1.82, 2.24) is 9.88 Å². The maximum Gasteiger partial charge on any atom is 0.340 e. The van der Waals surface area contributed by atoms with Gasteiger partial charge in [-0.25, -0.2) is 4.79 Å². The molecule has 0 bridgehead atoms. The van der Waals surface area contributed by atoms with Crippen LogP contribution in [-0.4, -0.2) is 59.8 Å². The van der Waals surface area contributed by atoms with Crippen molar-refractivity contribution in [2.45, 2.75) is 26.9 Å². The molecule has 31 heavy (non-hydrogen) atoms. The topological polar surface area (TPSA) is 93.0 Å². The van der Waals surface area contributed by atoms with Gasteiger partial charge in [0.2, 0.25) is 0 Å². The van der Waals surface area contributed by atoms with Crippen molar-refractivity contribution in [3.05, 3.63) is 59.3 Å². The fourth-order valence-corrected chi connectivity index (χ4v) is 3.57. The lowest BCUT2D eigenvalue weighted by molar-refractivity contribution is 0.0527. The zero-order valence-corrected chi connectivity index (χ0v) is 18.2. The number of hydrogen-bond donors (Lipinski definition) is 3. The summed E-state index contributed by atoms with van der Waals surface area (Å²) in [6, 6.07) is 13.7. The van der Waals surface area contributed by atoms with Gasteiger partial charge in [-0.1, -0.05) is 17.7 Å². The minimum absolute atomic E-state index is 0.0121. The summed E-state index contributed by atoms with van der Waals surface area (Å²) in [6.45, 7) is 6.85. The number of aliphatic hydroxyl groups is 2. The van der Waals surface area contributed by atoms with Gasteiger partial charge in [0.15, 0.2) is 0 Å². The van der Waals surface area contributed by atoms with E-state index in [-0.39, 0.29) is 19.2 Å². The van der Waals surface area contributed by atoms with Crippen LogP contribution in [0.15, 0.2) is 42.5 Å². The van der Waals surface area contributed by atoms with Crippen LogP contribution in [0, 0.1) is 13.8 Å². The van der Waals surface area contributed by atoms with E-state index >= 15 is 0 Å². The molecule has 1 heterocycles. The maximum atomic E-state index is 12.8. The predicted molar refractivity (Wildman–Crippen MR) is 120 cm³/mol. The Morgan fingerprint density at radius 1 is 1.16 bits per heavy atom. The molecule has 7 heteroatoms. The molecule has 2 aromatic carbocycles. The predicted octanol–water partition coefficient (Wildman–Crippen LogP) is 2.75. The number of ether oxygens (including phenoxy) is 2. The molecule has 0 spiro atoms. The van der Waals surface area contributed by atoms with Crippen LogP contribution in [0.4, 0.5) is 0 Å². The molecule has 0 aliphatic carbocycles. The average Bonchev–Trinajstić information content (AvgIpc) is 3.04. The van der Waals surface area contributed by atoms with E-state index in [1.54, 1.807) is 6.92 Å². The van der Waals surface area contributed by atoms with Crippen LogP contribution >= 0.6 is 0 Å². The summed E-state index contributed by atoms with van der Waals surface area (Å²) in [4.78, 5) is 12.8. The van der Waals surface area contributed by atoms with Gasteiger partial charge in [0.25, 0.3) is 0 Å². The molecular weight excluding hydrogens is 396 g/mol. The van der Waals surface area contributed by atoms with E-state index in [0.29, 0.717) is 31.0 Å². The molecule has 7 nitrogen and oxygen atoms in total. The van der Waals surface area contributed by atoms with E-state index in [1.165, 1.54) is 0 Å². The van der Waals surface area contributed by atoms with Crippen LogP contribution < -0.4 is 10.1 Å². The normalized spacial score (nSPS) is 12.2. The van der Waals surface area contributed by atoms with Crippen molar-refractivity contribution in [2.75, 3.05) is 32.9 Å². The Labute approximate surface area is 182 Å². The Kier molecular flexibility index (Phi) is 7.68. The van der Waals surface area contributed by atoms with E-state index < -0.39 is 6.10 Å². The zero-order valence-electron chi connectivity index (χ0n) is 18.2. The molecule has 1 aromatic heterocycles. The third-order valence-electron chi connectivity index (χ3n) is 5.06. The van der Waals surface area contributed by atoms with E-state index in [0.717, 1.165) is 27.8 Å². The number of hydrogen-bond acceptors (Lipinski definition) is 6. The largest absolute Gasteiger partial charge is 0.491 e. The van der Waals surface area contributed by atoms with E-state index in [2.05, 4.69) is 5.32 Å².